The van der Waals surface area contributed by atoms with E-state index in [1.807, 2.05) is 11.8 Å². The highest BCUT2D eigenvalue weighted by atomic mass is 35.5. The Morgan fingerprint density at radius 1 is 1.36 bits per heavy atom. The highest BCUT2D eigenvalue weighted by molar-refractivity contribution is 8.00. The molecule has 14 heavy (non-hydrogen) atoms. The van der Waals surface area contributed by atoms with Crippen LogP contribution >= 0.6 is 23.4 Å². The molecule has 1 aromatic rings. The van der Waals surface area contributed by atoms with E-state index >= 15 is 0 Å². The summed E-state index contributed by atoms with van der Waals surface area (Å²) >= 11 is 7.95. The Morgan fingerprint density at radius 2 is 2.21 bits per heavy atom. The molecule has 0 aromatic heterocycles. The summed E-state index contributed by atoms with van der Waals surface area (Å²) in [5.74, 6) is 0.505. The van der Waals surface area contributed by atoms with Crippen LogP contribution in [0.4, 0.5) is 0 Å². The van der Waals surface area contributed by atoms with Gasteiger partial charge in [0.15, 0.2) is 0 Å². The Hall–Kier alpha value is -0.600. The van der Waals surface area contributed by atoms with Gasteiger partial charge in [-0.2, -0.15) is 0 Å². The van der Waals surface area contributed by atoms with Crippen LogP contribution in [0.1, 0.15) is 11.5 Å². The van der Waals surface area contributed by atoms with Crippen molar-refractivity contribution in [3.8, 4) is 0 Å². The fourth-order valence-electron chi connectivity index (χ4n) is 2.08. The van der Waals surface area contributed by atoms with Gasteiger partial charge in [-0.15, -0.1) is 11.8 Å². The Kier molecular flexibility index (Phi) is 1.99. The second kappa shape index (κ2) is 3.21. The molecule has 0 saturated carbocycles. The molecule has 0 fully saturated rings. The van der Waals surface area contributed by atoms with Crippen LogP contribution < -0.4 is 5.32 Å². The molecule has 0 bridgehead atoms. The summed E-state index contributed by atoms with van der Waals surface area (Å²) in [5.41, 5.74) is 1.43. The topological polar surface area (TPSA) is 12.0 Å². The van der Waals surface area contributed by atoms with Crippen molar-refractivity contribution < 1.29 is 0 Å². The average molecular weight is 224 g/mol. The third kappa shape index (κ3) is 1.25. The molecule has 1 N–H and O–H groups in total. The summed E-state index contributed by atoms with van der Waals surface area (Å²) in [4.78, 5) is 1.41. The lowest BCUT2D eigenvalue weighted by molar-refractivity contribution is 0.674. The largest absolute Gasteiger partial charge is 0.375 e. The lowest BCUT2D eigenvalue weighted by atomic mass is 9.94. The normalized spacial score (nSPS) is 28.8. The van der Waals surface area contributed by atoms with Crippen LogP contribution in [-0.4, -0.2) is 11.8 Å². The van der Waals surface area contributed by atoms with E-state index < -0.39 is 0 Å². The molecule has 0 aliphatic carbocycles. The molecule has 3 rings (SSSR count). The predicted molar refractivity (Wildman–Crippen MR) is 60.8 cm³/mol. The van der Waals surface area contributed by atoms with Gasteiger partial charge in [0.2, 0.25) is 0 Å². The number of nitrogens with one attached hydrogen (secondary N) is 1. The molecular formula is C11H10ClNS. The van der Waals surface area contributed by atoms with E-state index in [1.165, 1.54) is 10.5 Å². The smallest absolute Gasteiger partial charge is 0.0984 e. The van der Waals surface area contributed by atoms with Gasteiger partial charge in [0.25, 0.3) is 0 Å². The van der Waals surface area contributed by atoms with Crippen LogP contribution in [0.5, 0.6) is 0 Å². The van der Waals surface area contributed by atoms with E-state index in [1.54, 1.807) is 0 Å². The van der Waals surface area contributed by atoms with Crippen molar-refractivity contribution in [2.45, 2.75) is 16.1 Å². The van der Waals surface area contributed by atoms with E-state index in [2.05, 4.69) is 35.7 Å². The zero-order chi connectivity index (χ0) is 9.54. The molecule has 0 saturated heterocycles. The van der Waals surface area contributed by atoms with E-state index in [0.29, 0.717) is 11.2 Å². The van der Waals surface area contributed by atoms with Crippen molar-refractivity contribution in [2.24, 2.45) is 0 Å². The maximum Gasteiger partial charge on any atom is 0.0984 e. The molecule has 72 valence electrons. The van der Waals surface area contributed by atoms with Gasteiger partial charge >= 0.3 is 0 Å². The molecule has 2 unspecified atom stereocenters. The number of hydrogen-bond acceptors (Lipinski definition) is 2. The number of thioether (sulfide) groups is 1. The van der Waals surface area contributed by atoms with E-state index in [9.17, 15) is 0 Å². The molecule has 0 radical (unpaired) electrons. The third-order valence-corrected chi connectivity index (χ3v) is 4.40. The van der Waals surface area contributed by atoms with Crippen LogP contribution in [0, 0.1) is 0 Å². The molecule has 0 amide bonds. The minimum atomic E-state index is 0.505. The fraction of sp³-hybridized carbons (Fsp3) is 0.273. The Balaban J connectivity index is 2.07. The molecule has 0 spiro atoms. The minimum Gasteiger partial charge on any atom is -0.375 e. The quantitative estimate of drug-likeness (QED) is 0.679. The van der Waals surface area contributed by atoms with Gasteiger partial charge in [-0.05, 0) is 17.7 Å². The first kappa shape index (κ1) is 8.69. The number of allylic oxidation sites excluding steroid dienone is 1. The maximum absolute atomic E-state index is 5.99. The highest BCUT2D eigenvalue weighted by Crippen LogP contribution is 2.47. The van der Waals surface area contributed by atoms with Crippen LogP contribution in [0.2, 0.25) is 0 Å². The monoisotopic (exact) mass is 223 g/mol. The van der Waals surface area contributed by atoms with Crippen molar-refractivity contribution in [3.63, 3.8) is 0 Å². The first-order chi connectivity index (χ1) is 6.84. The van der Waals surface area contributed by atoms with Crippen molar-refractivity contribution >= 4 is 23.4 Å². The van der Waals surface area contributed by atoms with Gasteiger partial charge in [0.05, 0.1) is 5.16 Å². The second-order valence-electron chi connectivity index (χ2n) is 3.62. The van der Waals surface area contributed by atoms with Gasteiger partial charge < -0.3 is 5.32 Å². The summed E-state index contributed by atoms with van der Waals surface area (Å²) in [6, 6.07) is 8.60. The molecule has 2 heterocycles. The molecular weight excluding hydrogens is 214 g/mol. The van der Waals surface area contributed by atoms with Gasteiger partial charge in [0.1, 0.15) is 0 Å². The van der Waals surface area contributed by atoms with Gasteiger partial charge in [-0.1, -0.05) is 29.8 Å². The average Bonchev–Trinajstić information content (AvgIpc) is 2.56. The summed E-state index contributed by atoms with van der Waals surface area (Å²) in [6.45, 7) is 0.972. The Labute approximate surface area is 92.5 Å². The highest BCUT2D eigenvalue weighted by Gasteiger charge is 2.33. The summed E-state index contributed by atoms with van der Waals surface area (Å²) < 4.78 is 0. The van der Waals surface area contributed by atoms with Gasteiger partial charge in [0, 0.05) is 22.6 Å². The molecule has 2 atom stereocenters. The van der Waals surface area contributed by atoms with Crippen molar-refractivity contribution in [3.05, 3.63) is 41.1 Å². The molecule has 3 heteroatoms. The predicted octanol–water partition coefficient (Wildman–Crippen LogP) is 2.93. The standard InChI is InChI=1S/C11H10ClNS/c12-11-5-8-7-3-1-2-4-9(7)14-10(8)6-13-11/h1-5,8,10,13H,6H2. The lowest BCUT2D eigenvalue weighted by Gasteiger charge is -2.22. The Morgan fingerprint density at radius 3 is 3.14 bits per heavy atom. The molecule has 1 nitrogen and oxygen atoms in total. The first-order valence-electron chi connectivity index (χ1n) is 4.71. The number of benzene rings is 1. The van der Waals surface area contributed by atoms with E-state index in [4.69, 9.17) is 11.6 Å². The van der Waals surface area contributed by atoms with Crippen LogP contribution in [0.15, 0.2) is 40.4 Å². The van der Waals surface area contributed by atoms with Crippen LogP contribution in [0.3, 0.4) is 0 Å². The maximum atomic E-state index is 5.99. The zero-order valence-electron chi connectivity index (χ0n) is 7.53. The van der Waals surface area contributed by atoms with Crippen LogP contribution in [-0.2, 0) is 0 Å². The summed E-state index contributed by atoms with van der Waals surface area (Å²) in [5, 5.41) is 4.61. The third-order valence-electron chi connectivity index (χ3n) is 2.76. The Bertz CT molecular complexity index is 402. The minimum absolute atomic E-state index is 0.505. The molecule has 2 aliphatic heterocycles. The lowest BCUT2D eigenvalue weighted by Crippen LogP contribution is -2.29. The second-order valence-corrected chi connectivity index (χ2v) is 5.30. The zero-order valence-corrected chi connectivity index (χ0v) is 9.11. The SMILES string of the molecule is ClC1=CC2c3ccccc3SC2CN1. The van der Waals surface area contributed by atoms with E-state index in [0.717, 1.165) is 11.7 Å². The summed E-state index contributed by atoms with van der Waals surface area (Å²) in [6.07, 6.45) is 2.13. The fourth-order valence-corrected chi connectivity index (χ4v) is 3.66. The number of rotatable bonds is 0. The first-order valence-corrected chi connectivity index (χ1v) is 5.97. The number of halogens is 1. The van der Waals surface area contributed by atoms with Crippen LogP contribution in [0.25, 0.3) is 0 Å². The van der Waals surface area contributed by atoms with Gasteiger partial charge in [-0.25, -0.2) is 0 Å². The summed E-state index contributed by atoms with van der Waals surface area (Å²) in [7, 11) is 0. The number of fused-ring (bicyclic) bond motifs is 3. The van der Waals surface area contributed by atoms with Crippen molar-refractivity contribution in [1.82, 2.24) is 5.32 Å². The van der Waals surface area contributed by atoms with E-state index in [-0.39, 0.29) is 0 Å². The number of hydrogen-bond donors (Lipinski definition) is 1. The molecule has 2 aliphatic rings. The van der Waals surface area contributed by atoms with Crippen molar-refractivity contribution in [2.75, 3.05) is 6.54 Å². The molecule has 1 aromatic carbocycles. The van der Waals surface area contributed by atoms with Gasteiger partial charge in [-0.3, -0.25) is 0 Å². The van der Waals surface area contributed by atoms with Crippen molar-refractivity contribution in [1.29, 1.82) is 0 Å².